The van der Waals surface area contributed by atoms with E-state index in [-0.39, 0.29) is 0 Å². The van der Waals surface area contributed by atoms with Crippen molar-refractivity contribution < 1.29 is 4.42 Å². The zero-order chi connectivity index (χ0) is 10.3. The molecule has 0 amide bonds. The van der Waals surface area contributed by atoms with E-state index in [2.05, 4.69) is 15.2 Å². The van der Waals surface area contributed by atoms with Gasteiger partial charge in [-0.15, -0.1) is 10.2 Å². The Morgan fingerprint density at radius 3 is 3.00 bits per heavy atom. The number of hydrogen-bond acceptors (Lipinski definition) is 4. The summed E-state index contributed by atoms with van der Waals surface area (Å²) in [4.78, 5) is 3.93. The van der Waals surface area contributed by atoms with Crippen molar-refractivity contribution in [2.75, 3.05) is 0 Å². The lowest BCUT2D eigenvalue weighted by Crippen LogP contribution is -1.91. The first-order valence-corrected chi connectivity index (χ1v) is 4.61. The lowest BCUT2D eigenvalue weighted by molar-refractivity contribution is 0.568. The molecule has 0 unspecified atom stereocenters. The number of rotatable bonds is 1. The highest BCUT2D eigenvalue weighted by Gasteiger charge is 2.11. The highest BCUT2D eigenvalue weighted by Crippen LogP contribution is 2.21. The van der Waals surface area contributed by atoms with Crippen molar-refractivity contribution in [3.8, 4) is 11.4 Å². The van der Waals surface area contributed by atoms with E-state index < -0.39 is 0 Å². The van der Waals surface area contributed by atoms with Crippen molar-refractivity contribution in [2.24, 2.45) is 0 Å². The number of nitrogens with zero attached hydrogens (tertiary/aromatic N) is 4. The zero-order valence-corrected chi connectivity index (χ0v) is 8.22. The molecule has 0 fully saturated rings. The van der Waals surface area contributed by atoms with Crippen LogP contribution in [-0.2, 0) is 0 Å². The van der Waals surface area contributed by atoms with Crippen LogP contribution in [0.5, 0.6) is 0 Å². The molecule has 0 aliphatic rings. The molecule has 0 aromatic carbocycles. The first-order chi connectivity index (χ1) is 7.36. The van der Waals surface area contributed by atoms with Crippen molar-refractivity contribution in [3.63, 3.8) is 0 Å². The average molecular weight is 221 g/mol. The molecule has 0 saturated heterocycles. The van der Waals surface area contributed by atoms with Crippen LogP contribution < -0.4 is 0 Å². The van der Waals surface area contributed by atoms with E-state index in [0.29, 0.717) is 16.6 Å². The minimum atomic E-state index is 0.466. The third-order valence-corrected chi connectivity index (χ3v) is 2.32. The van der Waals surface area contributed by atoms with E-state index in [1.165, 1.54) is 0 Å². The van der Waals surface area contributed by atoms with Gasteiger partial charge in [0.2, 0.25) is 0 Å². The average Bonchev–Trinajstić information content (AvgIpc) is 2.85. The maximum Gasteiger partial charge on any atom is 0.180 e. The molecule has 0 radical (unpaired) electrons. The summed E-state index contributed by atoms with van der Waals surface area (Å²) >= 11 is 6.01. The quantitative estimate of drug-likeness (QED) is 0.630. The molecule has 3 aromatic heterocycles. The summed E-state index contributed by atoms with van der Waals surface area (Å²) < 4.78 is 6.70. The number of fused-ring (bicyclic) bond motifs is 1. The Kier molecular flexibility index (Phi) is 1.72. The molecule has 3 heterocycles. The molecule has 0 spiro atoms. The van der Waals surface area contributed by atoms with Gasteiger partial charge in [0.1, 0.15) is 11.4 Å². The van der Waals surface area contributed by atoms with Crippen LogP contribution in [0.4, 0.5) is 0 Å². The third kappa shape index (κ3) is 1.20. The molecule has 0 saturated carbocycles. The molecular formula is C9H5ClN4O. The SMILES string of the molecule is Clc1cncc2nnc(-c3ccoc3)n12. The lowest BCUT2D eigenvalue weighted by atomic mass is 10.3. The summed E-state index contributed by atoms with van der Waals surface area (Å²) in [7, 11) is 0. The van der Waals surface area contributed by atoms with E-state index in [9.17, 15) is 0 Å². The summed E-state index contributed by atoms with van der Waals surface area (Å²) in [5.41, 5.74) is 1.44. The molecule has 15 heavy (non-hydrogen) atoms. The van der Waals surface area contributed by atoms with Gasteiger partial charge in [0.25, 0.3) is 0 Å². The first kappa shape index (κ1) is 8.43. The largest absolute Gasteiger partial charge is 0.472 e. The van der Waals surface area contributed by atoms with Gasteiger partial charge in [-0.05, 0) is 6.07 Å². The maximum absolute atomic E-state index is 6.01. The van der Waals surface area contributed by atoms with Crippen LogP contribution >= 0.6 is 11.6 Å². The van der Waals surface area contributed by atoms with Gasteiger partial charge in [0, 0.05) is 0 Å². The van der Waals surface area contributed by atoms with Gasteiger partial charge in [-0.3, -0.25) is 9.38 Å². The van der Waals surface area contributed by atoms with Crippen molar-refractivity contribution in [3.05, 3.63) is 36.1 Å². The van der Waals surface area contributed by atoms with Crippen LogP contribution in [0, 0.1) is 0 Å². The van der Waals surface area contributed by atoms with Gasteiger partial charge < -0.3 is 4.42 Å². The zero-order valence-electron chi connectivity index (χ0n) is 7.46. The van der Waals surface area contributed by atoms with E-state index in [0.717, 1.165) is 5.56 Å². The van der Waals surface area contributed by atoms with E-state index in [4.69, 9.17) is 16.0 Å². The summed E-state index contributed by atoms with van der Waals surface area (Å²) in [6, 6.07) is 1.80. The second kappa shape index (κ2) is 3.06. The Balaban J connectivity index is 2.37. The fraction of sp³-hybridized carbons (Fsp3) is 0. The van der Waals surface area contributed by atoms with E-state index in [1.54, 1.807) is 35.4 Å². The smallest absolute Gasteiger partial charge is 0.180 e. The molecule has 0 N–H and O–H groups in total. The van der Waals surface area contributed by atoms with Crippen LogP contribution in [0.2, 0.25) is 5.15 Å². The predicted molar refractivity (Wildman–Crippen MR) is 53.5 cm³/mol. The van der Waals surface area contributed by atoms with E-state index >= 15 is 0 Å². The molecule has 6 heteroatoms. The molecule has 74 valence electrons. The Labute approximate surface area is 89.3 Å². The van der Waals surface area contributed by atoms with Crippen LogP contribution in [0.25, 0.3) is 17.0 Å². The Hall–Kier alpha value is -1.88. The van der Waals surface area contributed by atoms with Gasteiger partial charge in [0.05, 0.1) is 24.2 Å². The highest BCUT2D eigenvalue weighted by atomic mass is 35.5. The summed E-state index contributed by atoms with van der Waals surface area (Å²) in [6.45, 7) is 0. The van der Waals surface area contributed by atoms with Crippen LogP contribution in [0.1, 0.15) is 0 Å². The first-order valence-electron chi connectivity index (χ1n) is 4.23. The van der Waals surface area contributed by atoms with Crippen molar-refractivity contribution >= 4 is 17.2 Å². The minimum Gasteiger partial charge on any atom is -0.472 e. The second-order valence-corrected chi connectivity index (χ2v) is 3.35. The highest BCUT2D eigenvalue weighted by molar-refractivity contribution is 6.29. The van der Waals surface area contributed by atoms with Crippen LogP contribution in [0.3, 0.4) is 0 Å². The van der Waals surface area contributed by atoms with Crippen LogP contribution in [-0.4, -0.2) is 19.6 Å². The topological polar surface area (TPSA) is 56.2 Å². The van der Waals surface area contributed by atoms with Crippen molar-refractivity contribution in [1.82, 2.24) is 19.6 Å². The molecule has 0 aliphatic heterocycles. The minimum absolute atomic E-state index is 0.466. The Morgan fingerprint density at radius 1 is 1.27 bits per heavy atom. The number of halogens is 1. The molecule has 3 aromatic rings. The van der Waals surface area contributed by atoms with Gasteiger partial charge in [-0.2, -0.15) is 0 Å². The van der Waals surface area contributed by atoms with Crippen molar-refractivity contribution in [1.29, 1.82) is 0 Å². The monoisotopic (exact) mass is 220 g/mol. The normalized spacial score (nSPS) is 11.0. The lowest BCUT2D eigenvalue weighted by Gasteiger charge is -1.97. The van der Waals surface area contributed by atoms with Crippen LogP contribution in [0.15, 0.2) is 35.4 Å². The standard InChI is InChI=1S/C9H5ClN4O/c10-7-3-11-4-8-12-13-9(14(7)8)6-1-2-15-5-6/h1-5H. The molecule has 3 rings (SSSR count). The predicted octanol–water partition coefficient (Wildman–Crippen LogP) is 2.04. The summed E-state index contributed by atoms with van der Waals surface area (Å²) in [5, 5.41) is 8.45. The molecular weight excluding hydrogens is 216 g/mol. The number of hydrogen-bond donors (Lipinski definition) is 0. The molecule has 0 atom stereocenters. The second-order valence-electron chi connectivity index (χ2n) is 2.96. The summed E-state index contributed by atoms with van der Waals surface area (Å²) in [6.07, 6.45) is 6.31. The molecule has 0 aliphatic carbocycles. The maximum atomic E-state index is 6.01. The molecule has 0 bridgehead atoms. The van der Waals surface area contributed by atoms with Gasteiger partial charge in [-0.25, -0.2) is 0 Å². The Morgan fingerprint density at radius 2 is 2.20 bits per heavy atom. The third-order valence-electron chi connectivity index (χ3n) is 2.05. The summed E-state index contributed by atoms with van der Waals surface area (Å²) in [5.74, 6) is 0.645. The fourth-order valence-corrected chi connectivity index (χ4v) is 1.62. The number of furan rings is 1. The van der Waals surface area contributed by atoms with Gasteiger partial charge in [0.15, 0.2) is 11.5 Å². The molecule has 5 nitrogen and oxygen atoms in total. The Bertz CT molecular complexity index is 602. The van der Waals surface area contributed by atoms with Gasteiger partial charge in [-0.1, -0.05) is 11.6 Å². The van der Waals surface area contributed by atoms with E-state index in [1.807, 2.05) is 0 Å². The van der Waals surface area contributed by atoms with Gasteiger partial charge >= 0.3 is 0 Å². The number of aromatic nitrogens is 4. The fourth-order valence-electron chi connectivity index (χ4n) is 1.39. The van der Waals surface area contributed by atoms with Crippen molar-refractivity contribution in [2.45, 2.75) is 0 Å².